The molecule has 5 aliphatic rings. The topological polar surface area (TPSA) is 215 Å². The molecule has 4 unspecified atom stereocenters. The van der Waals surface area contributed by atoms with E-state index in [4.69, 9.17) is 42.6 Å². The summed E-state index contributed by atoms with van der Waals surface area (Å²) in [7, 11) is 1.36. The van der Waals surface area contributed by atoms with Gasteiger partial charge in [-0.1, -0.05) is 48.5 Å². The summed E-state index contributed by atoms with van der Waals surface area (Å²) in [6.07, 6.45) is -0.772. The minimum absolute atomic E-state index is 0.151. The third-order valence-corrected chi connectivity index (χ3v) is 17.5. The van der Waals surface area contributed by atoms with Crippen LogP contribution in [-0.2, 0) is 76.2 Å². The fourth-order valence-corrected chi connectivity index (χ4v) is 14.6. The van der Waals surface area contributed by atoms with Crippen molar-refractivity contribution in [1.29, 1.82) is 0 Å². The molecule has 16 atom stereocenters. The van der Waals surface area contributed by atoms with Gasteiger partial charge in [0.2, 0.25) is 0 Å². The number of carbonyl (C=O) groups is 7. The summed E-state index contributed by atoms with van der Waals surface area (Å²) in [6.45, 7) is 25.3. The first kappa shape index (κ1) is 56.1. The zero-order valence-electron chi connectivity index (χ0n) is 44.0. The van der Waals surface area contributed by atoms with E-state index >= 15 is 0 Å². The molecule has 1 heterocycles. The summed E-state index contributed by atoms with van der Waals surface area (Å²) in [5.41, 5.74) is -2.22. The quantitative estimate of drug-likeness (QED) is 0.0835. The van der Waals surface area contributed by atoms with Crippen molar-refractivity contribution < 1.29 is 76.2 Å². The third-order valence-electron chi connectivity index (χ3n) is 17.5. The van der Waals surface area contributed by atoms with E-state index < -0.39 is 84.9 Å². The van der Waals surface area contributed by atoms with Crippen LogP contribution in [0.3, 0.4) is 0 Å². The number of nitrogens with one attached hydrogen (secondary N) is 1. The summed E-state index contributed by atoms with van der Waals surface area (Å²) in [6, 6.07) is -0.550. The number of carbonyl (C=O) groups excluding carboxylic acids is 7. The van der Waals surface area contributed by atoms with Gasteiger partial charge in [-0.3, -0.25) is 33.6 Å². The lowest BCUT2D eigenvalue weighted by Crippen LogP contribution is -2.67. The molecule has 0 aromatic rings. The van der Waals surface area contributed by atoms with E-state index in [1.165, 1.54) is 48.7 Å². The minimum Gasteiger partial charge on any atom is -0.468 e. The highest BCUT2D eigenvalue weighted by molar-refractivity contribution is 5.75. The van der Waals surface area contributed by atoms with Crippen molar-refractivity contribution >= 4 is 41.8 Å². The summed E-state index contributed by atoms with van der Waals surface area (Å²) in [5, 5.41) is 3.40. The second-order valence-corrected chi connectivity index (χ2v) is 22.8. The second kappa shape index (κ2) is 21.9. The van der Waals surface area contributed by atoms with E-state index in [2.05, 4.69) is 39.9 Å². The van der Waals surface area contributed by atoms with Gasteiger partial charge in [-0.2, -0.15) is 0 Å². The molecule has 0 aromatic heterocycles. The lowest BCUT2D eigenvalue weighted by molar-refractivity contribution is -0.339. The van der Waals surface area contributed by atoms with Crippen LogP contribution in [0.15, 0.2) is 0 Å². The molecule has 1 N–H and O–H groups in total. The normalized spacial score (nSPS) is 37.0. The van der Waals surface area contributed by atoms with Crippen molar-refractivity contribution in [3.63, 3.8) is 0 Å². The fourth-order valence-electron chi connectivity index (χ4n) is 14.6. The maximum atomic E-state index is 13.4. The molecule has 5 rings (SSSR count). The number of hydrogen-bond acceptors (Lipinski definition) is 17. The van der Waals surface area contributed by atoms with E-state index in [0.717, 1.165) is 32.1 Å². The Morgan fingerprint density at radius 3 is 1.84 bits per heavy atom. The summed E-state index contributed by atoms with van der Waals surface area (Å²) >= 11 is 0. The maximum Gasteiger partial charge on any atom is 0.322 e. The number of fused-ring (bicyclic) bond motifs is 5. The average molecular weight is 978 g/mol. The predicted octanol–water partition coefficient (Wildman–Crippen LogP) is 6.96. The van der Waals surface area contributed by atoms with Gasteiger partial charge in [0.1, 0.15) is 31.0 Å². The largest absolute Gasteiger partial charge is 0.468 e. The molecule has 17 nitrogen and oxygen atoms in total. The van der Waals surface area contributed by atoms with E-state index in [1.807, 2.05) is 20.8 Å². The van der Waals surface area contributed by atoms with Gasteiger partial charge in [-0.05, 0) is 118 Å². The third kappa shape index (κ3) is 11.8. The molecule has 0 bridgehead atoms. The lowest BCUT2D eigenvalue weighted by Gasteiger charge is -2.70. The van der Waals surface area contributed by atoms with Gasteiger partial charge in [0.05, 0.1) is 12.7 Å². The molecule has 392 valence electrons. The van der Waals surface area contributed by atoms with Crippen LogP contribution >= 0.6 is 0 Å². The molecule has 17 heteroatoms. The Kier molecular flexibility index (Phi) is 17.8. The van der Waals surface area contributed by atoms with Crippen molar-refractivity contribution in [1.82, 2.24) is 5.32 Å². The maximum absolute atomic E-state index is 13.4. The van der Waals surface area contributed by atoms with Crippen LogP contribution < -0.4 is 5.32 Å². The fraction of sp³-hybridized carbons (Fsp3) is 0.865. The number of ether oxygens (including phenoxy) is 9. The van der Waals surface area contributed by atoms with Crippen LogP contribution in [-0.4, -0.2) is 117 Å². The molecular weight excluding hydrogens is 895 g/mol. The molecule has 5 fully saturated rings. The molecule has 0 spiro atoms. The SMILES string of the molecule is COC(=O)[C@H](CC(C)C)NCCC[C@](C)(O[C@H]1O[C@H](COC(C)=O)[C@@H](OC(C)=O)[C@H](OC(C)=O)[C@H]1OC(C)=O)C1CC[C@]2(C)[C@@H]1C(OC(C)=O)CC1[C@@]3(C)CC[C@H](OC(C)=O)C(C)(C)C3CC[C@]12C. The van der Waals surface area contributed by atoms with E-state index in [0.29, 0.717) is 38.6 Å². The van der Waals surface area contributed by atoms with Crippen LogP contribution in [0, 0.1) is 51.2 Å². The van der Waals surface area contributed by atoms with Crippen molar-refractivity contribution in [2.24, 2.45) is 51.2 Å². The average Bonchev–Trinajstić information content (AvgIpc) is 3.61. The molecule has 0 amide bonds. The molecule has 4 aliphatic carbocycles. The first-order valence-corrected chi connectivity index (χ1v) is 25.2. The van der Waals surface area contributed by atoms with Gasteiger partial charge >= 0.3 is 41.8 Å². The number of esters is 7. The standard InChI is InChI=1S/C52H83NO16/c1-28(2)25-36(46(60)61-15)53-24-16-20-52(14,69-47-45(67-34(8)59)44(66-33(7)58)43(65-32(6)57)38(68-47)27-62-29(3)54)35-17-22-51(13)42(35)37(63-30(4)55)26-40-49(11)21-19-41(64-31(5)56)48(9,10)39(49)18-23-50(40,51)12/h28,35-45,47,53H,16-27H2,1-15H3/t35?,36-,37?,38+,39?,40?,41-,42-,43+,44-,45+,47+,49-,50+,51+,52-/m0/s1. The summed E-state index contributed by atoms with van der Waals surface area (Å²) in [5.74, 6) is -3.87. The van der Waals surface area contributed by atoms with Gasteiger partial charge in [-0.25, -0.2) is 0 Å². The Hall–Kier alpha value is -3.83. The first-order chi connectivity index (χ1) is 32.0. The van der Waals surface area contributed by atoms with Crippen molar-refractivity contribution in [3.05, 3.63) is 0 Å². The zero-order valence-corrected chi connectivity index (χ0v) is 44.0. The number of hydrogen-bond donors (Lipinski definition) is 1. The Morgan fingerprint density at radius 2 is 1.28 bits per heavy atom. The highest BCUT2D eigenvalue weighted by Gasteiger charge is 2.73. The molecule has 1 aliphatic heterocycles. The lowest BCUT2D eigenvalue weighted by atomic mass is 9.35. The second-order valence-electron chi connectivity index (χ2n) is 22.8. The van der Waals surface area contributed by atoms with E-state index in [-0.39, 0.29) is 69.3 Å². The number of methoxy groups -OCH3 is 1. The van der Waals surface area contributed by atoms with E-state index in [9.17, 15) is 33.6 Å². The summed E-state index contributed by atoms with van der Waals surface area (Å²) in [4.78, 5) is 89.1. The Balaban J connectivity index is 1.62. The number of rotatable bonds is 18. The van der Waals surface area contributed by atoms with E-state index in [1.54, 1.807) is 0 Å². The minimum atomic E-state index is -1.46. The van der Waals surface area contributed by atoms with Gasteiger partial charge in [0.15, 0.2) is 24.6 Å². The molecule has 1 saturated heterocycles. The van der Waals surface area contributed by atoms with Crippen LogP contribution in [0.1, 0.15) is 161 Å². The molecular formula is C52H83NO16. The van der Waals surface area contributed by atoms with Crippen molar-refractivity contribution in [2.45, 2.75) is 216 Å². The Bertz CT molecular complexity index is 1900. The van der Waals surface area contributed by atoms with Crippen molar-refractivity contribution in [3.8, 4) is 0 Å². The van der Waals surface area contributed by atoms with Gasteiger partial charge < -0.3 is 47.9 Å². The molecule has 0 aromatic carbocycles. The highest BCUT2D eigenvalue weighted by atomic mass is 16.7. The molecule has 4 saturated carbocycles. The molecule has 0 radical (unpaired) electrons. The Morgan fingerprint density at radius 1 is 0.696 bits per heavy atom. The van der Waals surface area contributed by atoms with Gasteiger partial charge in [0, 0.05) is 52.9 Å². The first-order valence-electron chi connectivity index (χ1n) is 25.2. The van der Waals surface area contributed by atoms with Crippen LogP contribution in [0.5, 0.6) is 0 Å². The van der Waals surface area contributed by atoms with Crippen molar-refractivity contribution in [2.75, 3.05) is 20.3 Å². The summed E-state index contributed by atoms with van der Waals surface area (Å²) < 4.78 is 54.4. The highest BCUT2D eigenvalue weighted by Crippen LogP contribution is 2.76. The van der Waals surface area contributed by atoms with Crippen LogP contribution in [0.25, 0.3) is 0 Å². The monoisotopic (exact) mass is 978 g/mol. The van der Waals surface area contributed by atoms with Gasteiger partial charge in [-0.15, -0.1) is 0 Å². The smallest absolute Gasteiger partial charge is 0.322 e. The molecule has 69 heavy (non-hydrogen) atoms. The Labute approximate surface area is 409 Å². The van der Waals surface area contributed by atoms with Gasteiger partial charge in [0.25, 0.3) is 0 Å². The van der Waals surface area contributed by atoms with Crippen LogP contribution in [0.2, 0.25) is 0 Å². The van der Waals surface area contributed by atoms with Crippen LogP contribution in [0.4, 0.5) is 0 Å². The predicted molar refractivity (Wildman–Crippen MR) is 249 cm³/mol. The zero-order chi connectivity index (χ0) is 51.6.